The van der Waals surface area contributed by atoms with Gasteiger partial charge in [-0.1, -0.05) is 44.7 Å². The SMILES string of the molecule is CCCCCC[C@@H](C)NC(=O)C[NH+]1CCN(S(=O)(=O)c2ccccc2F)CC1. The first-order valence-electron chi connectivity index (χ1n) is 10.2. The second-order valence-corrected chi connectivity index (χ2v) is 9.49. The number of benzene rings is 1. The third-order valence-electron chi connectivity index (χ3n) is 5.19. The van der Waals surface area contributed by atoms with Crippen LogP contribution in [0.2, 0.25) is 0 Å². The molecular formula is C20H33FN3O3S+. The molecule has 1 aromatic rings. The topological polar surface area (TPSA) is 70.9 Å². The second-order valence-electron chi connectivity index (χ2n) is 7.58. The molecule has 1 aliphatic rings. The molecule has 1 atom stereocenters. The molecule has 0 spiro atoms. The zero-order chi connectivity index (χ0) is 20.6. The molecule has 0 unspecified atom stereocenters. The van der Waals surface area contributed by atoms with E-state index >= 15 is 0 Å². The van der Waals surface area contributed by atoms with Crippen LogP contribution in [-0.2, 0) is 14.8 Å². The molecular weight excluding hydrogens is 381 g/mol. The number of amides is 1. The lowest BCUT2D eigenvalue weighted by Gasteiger charge is -2.31. The summed E-state index contributed by atoms with van der Waals surface area (Å²) in [6, 6.07) is 5.60. The van der Waals surface area contributed by atoms with E-state index in [4.69, 9.17) is 0 Å². The summed E-state index contributed by atoms with van der Waals surface area (Å²) >= 11 is 0. The van der Waals surface area contributed by atoms with Crippen molar-refractivity contribution in [2.24, 2.45) is 0 Å². The molecule has 1 fully saturated rings. The van der Waals surface area contributed by atoms with Gasteiger partial charge in [-0.05, 0) is 25.5 Å². The molecule has 1 aromatic carbocycles. The number of carbonyl (C=O) groups is 1. The smallest absolute Gasteiger partial charge is 0.275 e. The maximum atomic E-state index is 13.9. The highest BCUT2D eigenvalue weighted by Crippen LogP contribution is 2.18. The molecule has 0 aromatic heterocycles. The Morgan fingerprint density at radius 3 is 2.54 bits per heavy atom. The Morgan fingerprint density at radius 2 is 1.89 bits per heavy atom. The van der Waals surface area contributed by atoms with Crippen molar-refractivity contribution in [1.29, 1.82) is 0 Å². The van der Waals surface area contributed by atoms with Gasteiger partial charge < -0.3 is 10.2 Å². The monoisotopic (exact) mass is 414 g/mol. The number of quaternary nitrogens is 1. The van der Waals surface area contributed by atoms with Crippen LogP contribution < -0.4 is 10.2 Å². The van der Waals surface area contributed by atoms with Gasteiger partial charge in [0.25, 0.3) is 5.91 Å². The first kappa shape index (κ1) is 22.8. The zero-order valence-corrected chi connectivity index (χ0v) is 17.7. The van der Waals surface area contributed by atoms with Gasteiger partial charge >= 0.3 is 0 Å². The van der Waals surface area contributed by atoms with Crippen LogP contribution in [0.4, 0.5) is 4.39 Å². The Balaban J connectivity index is 1.77. The number of carbonyl (C=O) groups excluding carboxylic acids is 1. The first-order valence-corrected chi connectivity index (χ1v) is 11.7. The van der Waals surface area contributed by atoms with Gasteiger partial charge in [-0.15, -0.1) is 0 Å². The van der Waals surface area contributed by atoms with E-state index in [0.29, 0.717) is 19.6 Å². The van der Waals surface area contributed by atoms with Crippen molar-refractivity contribution < 1.29 is 22.5 Å². The highest BCUT2D eigenvalue weighted by molar-refractivity contribution is 7.89. The van der Waals surface area contributed by atoms with E-state index in [1.807, 2.05) is 6.92 Å². The summed E-state index contributed by atoms with van der Waals surface area (Å²) in [5.41, 5.74) is 0. The normalized spacial score (nSPS) is 17.4. The molecule has 1 saturated heterocycles. The largest absolute Gasteiger partial charge is 0.349 e. The summed E-state index contributed by atoms with van der Waals surface area (Å²) in [7, 11) is -3.83. The molecule has 2 rings (SSSR count). The van der Waals surface area contributed by atoms with Gasteiger partial charge in [-0.3, -0.25) is 4.79 Å². The molecule has 0 radical (unpaired) electrons. The van der Waals surface area contributed by atoms with Crippen molar-refractivity contribution in [3.8, 4) is 0 Å². The number of nitrogens with one attached hydrogen (secondary N) is 2. The molecule has 8 heteroatoms. The van der Waals surface area contributed by atoms with Crippen LogP contribution in [0.3, 0.4) is 0 Å². The molecule has 1 heterocycles. The average Bonchev–Trinajstić information content (AvgIpc) is 2.66. The third kappa shape index (κ3) is 6.53. The zero-order valence-electron chi connectivity index (χ0n) is 16.9. The molecule has 2 N–H and O–H groups in total. The summed E-state index contributed by atoms with van der Waals surface area (Å²) < 4.78 is 40.4. The Kier molecular flexibility index (Phi) is 8.85. The summed E-state index contributed by atoms with van der Waals surface area (Å²) in [5, 5.41) is 3.04. The Morgan fingerprint density at radius 1 is 1.21 bits per heavy atom. The van der Waals surface area contributed by atoms with Crippen molar-refractivity contribution in [3.63, 3.8) is 0 Å². The van der Waals surface area contributed by atoms with Gasteiger partial charge in [-0.25, -0.2) is 12.8 Å². The highest BCUT2D eigenvalue weighted by atomic mass is 32.2. The van der Waals surface area contributed by atoms with E-state index < -0.39 is 15.8 Å². The van der Waals surface area contributed by atoms with Gasteiger partial charge in [0.1, 0.15) is 10.7 Å². The molecule has 0 bridgehead atoms. The van der Waals surface area contributed by atoms with Crippen LogP contribution in [0.15, 0.2) is 29.2 Å². The van der Waals surface area contributed by atoms with Gasteiger partial charge in [0.15, 0.2) is 6.54 Å². The van der Waals surface area contributed by atoms with E-state index in [2.05, 4.69) is 12.2 Å². The number of unbranched alkanes of at least 4 members (excludes halogenated alkanes) is 3. The summed E-state index contributed by atoms with van der Waals surface area (Å²) in [6.07, 6.45) is 5.72. The minimum absolute atomic E-state index is 0.00315. The molecule has 1 amide bonds. The van der Waals surface area contributed by atoms with Crippen molar-refractivity contribution in [2.75, 3.05) is 32.7 Å². The van der Waals surface area contributed by atoms with Crippen molar-refractivity contribution in [3.05, 3.63) is 30.1 Å². The van der Waals surface area contributed by atoms with Crippen LogP contribution in [0.25, 0.3) is 0 Å². The van der Waals surface area contributed by atoms with Gasteiger partial charge in [0.05, 0.1) is 26.2 Å². The number of nitrogens with zero attached hydrogens (tertiary/aromatic N) is 1. The first-order chi connectivity index (χ1) is 13.3. The van der Waals surface area contributed by atoms with E-state index in [1.165, 1.54) is 41.8 Å². The summed E-state index contributed by atoms with van der Waals surface area (Å²) in [4.78, 5) is 13.0. The minimum Gasteiger partial charge on any atom is -0.349 e. The van der Waals surface area contributed by atoms with Crippen LogP contribution in [-0.4, -0.2) is 57.4 Å². The van der Waals surface area contributed by atoms with Gasteiger partial charge in [0, 0.05) is 6.04 Å². The number of rotatable bonds is 10. The van der Waals surface area contributed by atoms with Gasteiger partial charge in [-0.2, -0.15) is 4.31 Å². The van der Waals surface area contributed by atoms with E-state index in [0.717, 1.165) is 23.8 Å². The molecule has 28 heavy (non-hydrogen) atoms. The average molecular weight is 415 g/mol. The number of halogens is 1. The van der Waals surface area contributed by atoms with Crippen molar-refractivity contribution in [1.82, 2.24) is 9.62 Å². The lowest BCUT2D eigenvalue weighted by Crippen LogP contribution is -3.15. The van der Waals surface area contributed by atoms with Gasteiger partial charge in [0.2, 0.25) is 10.0 Å². The van der Waals surface area contributed by atoms with Crippen molar-refractivity contribution in [2.45, 2.75) is 56.9 Å². The molecule has 158 valence electrons. The Hall–Kier alpha value is -1.51. The Bertz CT molecular complexity index is 734. The van der Waals surface area contributed by atoms with Crippen molar-refractivity contribution >= 4 is 15.9 Å². The van der Waals surface area contributed by atoms with Crippen LogP contribution in [0, 0.1) is 5.82 Å². The third-order valence-corrected chi connectivity index (χ3v) is 7.12. The maximum Gasteiger partial charge on any atom is 0.275 e. The number of hydrogen-bond donors (Lipinski definition) is 2. The lowest BCUT2D eigenvalue weighted by molar-refractivity contribution is -0.895. The second kappa shape index (κ2) is 10.9. The maximum absolute atomic E-state index is 13.9. The van der Waals surface area contributed by atoms with E-state index in [1.54, 1.807) is 0 Å². The number of hydrogen-bond acceptors (Lipinski definition) is 3. The van der Waals surface area contributed by atoms with E-state index in [9.17, 15) is 17.6 Å². The highest BCUT2D eigenvalue weighted by Gasteiger charge is 2.32. The summed E-state index contributed by atoms with van der Waals surface area (Å²) in [6.45, 7) is 6.18. The molecule has 0 saturated carbocycles. The number of sulfonamides is 1. The van der Waals surface area contributed by atoms with Crippen LogP contribution in [0.5, 0.6) is 0 Å². The predicted molar refractivity (Wildman–Crippen MR) is 107 cm³/mol. The Labute approximate surface area is 168 Å². The summed E-state index contributed by atoms with van der Waals surface area (Å²) in [5.74, 6) is -0.729. The predicted octanol–water partition coefficient (Wildman–Crippen LogP) is 1.19. The number of piperazine rings is 1. The quantitative estimate of drug-likeness (QED) is 0.565. The molecule has 1 aliphatic heterocycles. The lowest BCUT2D eigenvalue weighted by atomic mass is 10.1. The fourth-order valence-electron chi connectivity index (χ4n) is 3.51. The molecule has 6 nitrogen and oxygen atoms in total. The van der Waals surface area contributed by atoms with Crippen LogP contribution in [0.1, 0.15) is 46.0 Å². The standard InChI is InChI=1S/C20H32FN3O3S/c1-3-4-5-6-9-17(2)22-20(25)16-23-12-14-24(15-13-23)28(26,27)19-11-8-7-10-18(19)21/h7-8,10-11,17H,3-6,9,12-16H2,1-2H3,(H,22,25)/p+1/t17-/m1/s1. The fraction of sp³-hybridized carbons (Fsp3) is 0.650. The van der Waals surface area contributed by atoms with Crippen LogP contribution >= 0.6 is 0 Å². The fourth-order valence-corrected chi connectivity index (χ4v) is 5.02. The van der Waals surface area contributed by atoms with E-state index in [-0.39, 0.29) is 29.9 Å². The minimum atomic E-state index is -3.83. The molecule has 0 aliphatic carbocycles.